The van der Waals surface area contributed by atoms with Crippen molar-refractivity contribution in [1.29, 1.82) is 0 Å². The van der Waals surface area contributed by atoms with Crippen LogP contribution >= 0.6 is 0 Å². The Morgan fingerprint density at radius 2 is 1.95 bits per heavy atom. The summed E-state index contributed by atoms with van der Waals surface area (Å²) in [7, 11) is 0. The lowest BCUT2D eigenvalue weighted by molar-refractivity contribution is -0.334. The van der Waals surface area contributed by atoms with E-state index in [9.17, 15) is 9.59 Å². The fourth-order valence-corrected chi connectivity index (χ4v) is 2.20. The van der Waals surface area contributed by atoms with Crippen LogP contribution in [0.4, 0.5) is 5.69 Å². The Morgan fingerprint density at radius 3 is 2.68 bits per heavy atom. The molecule has 6 nitrogen and oxygen atoms in total. The first-order chi connectivity index (χ1) is 10.5. The van der Waals surface area contributed by atoms with Crippen LogP contribution in [0.3, 0.4) is 0 Å². The number of anilines is 1. The Morgan fingerprint density at radius 1 is 1.14 bits per heavy atom. The van der Waals surface area contributed by atoms with E-state index >= 15 is 0 Å². The first kappa shape index (κ1) is 13.9. The highest BCUT2D eigenvalue weighted by Crippen LogP contribution is 2.22. The molecule has 6 heteroatoms. The fraction of sp³-hybridized carbons (Fsp3) is 0.125. The third kappa shape index (κ3) is 2.85. The largest absolute Gasteiger partial charge is 0.443 e. The minimum atomic E-state index is -0.267. The molecule has 2 aliphatic rings. The Balaban J connectivity index is 2.18. The standard InChI is InChI=1S/C16H13N3O3/c1-9(20)17-11-3-5-13-15(7-11)22-16-8-12(18-10(2)21)4-6-14(16)19-13/h3-8H,1-2H3,(H,17,20)/p+1. The molecule has 0 fully saturated rings. The van der Waals surface area contributed by atoms with E-state index < -0.39 is 0 Å². The number of nitrogens with one attached hydrogen (secondary N) is 2. The van der Waals surface area contributed by atoms with Gasteiger partial charge in [-0.2, -0.15) is 4.98 Å². The molecule has 1 heterocycles. The van der Waals surface area contributed by atoms with E-state index in [-0.39, 0.29) is 11.8 Å². The Bertz CT molecular complexity index is 927. The van der Waals surface area contributed by atoms with Crippen molar-refractivity contribution in [3.63, 3.8) is 0 Å². The van der Waals surface area contributed by atoms with Crippen LogP contribution < -0.4 is 15.7 Å². The minimum absolute atomic E-state index is 0.147. The van der Waals surface area contributed by atoms with Gasteiger partial charge in [0.05, 0.1) is 5.36 Å². The molecule has 1 aromatic rings. The van der Waals surface area contributed by atoms with Gasteiger partial charge in [0.25, 0.3) is 0 Å². The second-order valence-corrected chi connectivity index (χ2v) is 4.93. The van der Waals surface area contributed by atoms with Crippen LogP contribution in [0.1, 0.15) is 13.8 Å². The van der Waals surface area contributed by atoms with E-state index in [1.54, 1.807) is 24.3 Å². The van der Waals surface area contributed by atoms with Crippen molar-refractivity contribution in [3.8, 4) is 11.5 Å². The molecule has 22 heavy (non-hydrogen) atoms. The summed E-state index contributed by atoms with van der Waals surface area (Å²) in [5.74, 6) is 0.165. The molecule has 1 aromatic carbocycles. The van der Waals surface area contributed by atoms with E-state index in [2.05, 4.69) is 15.3 Å². The van der Waals surface area contributed by atoms with Crippen molar-refractivity contribution in [2.75, 3.05) is 5.32 Å². The van der Waals surface area contributed by atoms with Crippen LogP contribution in [0.5, 0.6) is 0 Å². The third-order valence-electron chi connectivity index (χ3n) is 3.04. The summed E-state index contributed by atoms with van der Waals surface area (Å²) in [6.07, 6.45) is 0. The molecular formula is C16H14N3O3+. The lowest BCUT2D eigenvalue weighted by Gasteiger charge is -2.04. The number of aromatic amines is 1. The number of carbonyl (C=O) groups is 2. The zero-order valence-electron chi connectivity index (χ0n) is 12.1. The number of hydrogen-bond acceptors (Lipinski definition) is 3. The number of H-pyrrole nitrogens is 1. The molecule has 2 amide bonds. The number of amides is 2. The van der Waals surface area contributed by atoms with E-state index in [1.165, 1.54) is 13.8 Å². The zero-order valence-corrected chi connectivity index (χ0v) is 12.1. The van der Waals surface area contributed by atoms with Crippen molar-refractivity contribution in [2.45, 2.75) is 13.8 Å². The van der Waals surface area contributed by atoms with Gasteiger partial charge < -0.3 is 9.73 Å². The van der Waals surface area contributed by atoms with Crippen LogP contribution in [0.2, 0.25) is 0 Å². The Labute approximate surface area is 125 Å². The second-order valence-electron chi connectivity index (χ2n) is 4.93. The van der Waals surface area contributed by atoms with Crippen molar-refractivity contribution < 1.29 is 19.0 Å². The van der Waals surface area contributed by atoms with Crippen molar-refractivity contribution >= 4 is 28.6 Å². The highest BCUT2D eigenvalue weighted by atomic mass is 16.3. The molecule has 0 atom stereocenters. The molecule has 0 aromatic heterocycles. The number of rotatable bonds is 1. The summed E-state index contributed by atoms with van der Waals surface area (Å²) < 4.78 is 5.84. The van der Waals surface area contributed by atoms with Gasteiger partial charge in [0.2, 0.25) is 34.4 Å². The maximum Gasteiger partial charge on any atom is 0.247 e. The quantitative estimate of drug-likeness (QED) is 0.694. The molecule has 1 aliphatic heterocycles. The van der Waals surface area contributed by atoms with Crippen LogP contribution in [-0.4, -0.2) is 11.8 Å². The summed E-state index contributed by atoms with van der Waals surface area (Å²) in [5, 5.41) is 3.24. The Hall–Kier alpha value is -3.02. The minimum Gasteiger partial charge on any atom is -0.443 e. The number of hydrogen-bond donors (Lipinski definition) is 1. The van der Waals surface area contributed by atoms with Gasteiger partial charge in [-0.3, -0.25) is 9.59 Å². The number of nitrogens with zero attached hydrogens (tertiary/aromatic N) is 1. The van der Waals surface area contributed by atoms with Crippen LogP contribution in [0, 0.1) is 0 Å². The molecule has 2 N–H and O–H groups in total. The van der Waals surface area contributed by atoms with Gasteiger partial charge in [-0.1, -0.05) is 0 Å². The van der Waals surface area contributed by atoms with Crippen LogP contribution in [-0.2, 0) is 9.59 Å². The molecule has 0 bridgehead atoms. The first-order valence-electron chi connectivity index (χ1n) is 6.74. The number of carbonyl (C=O) groups excluding carboxylic acids is 2. The van der Waals surface area contributed by atoms with Crippen molar-refractivity contribution in [1.82, 2.24) is 0 Å². The summed E-state index contributed by atoms with van der Waals surface area (Å²) in [6.45, 7) is 2.84. The lowest BCUT2D eigenvalue weighted by atomic mass is 10.2. The smallest absolute Gasteiger partial charge is 0.247 e. The highest BCUT2D eigenvalue weighted by Gasteiger charge is 2.15. The molecule has 0 radical (unpaired) electrons. The topological polar surface area (TPSA) is 85.8 Å². The zero-order chi connectivity index (χ0) is 15.7. The molecular weight excluding hydrogens is 282 g/mol. The molecule has 0 unspecified atom stereocenters. The summed E-state index contributed by atoms with van der Waals surface area (Å²) in [5.41, 5.74) is 2.85. The van der Waals surface area contributed by atoms with Gasteiger partial charge in [-0.05, 0) is 12.1 Å². The number of aromatic nitrogens is 1. The predicted molar refractivity (Wildman–Crippen MR) is 79.9 cm³/mol. The fourth-order valence-electron chi connectivity index (χ4n) is 2.20. The average Bonchev–Trinajstić information content (AvgIpc) is 2.43. The molecule has 0 saturated carbocycles. The number of benzene rings is 2. The van der Waals surface area contributed by atoms with Gasteiger partial charge in [0, 0.05) is 43.8 Å². The Kier molecular flexibility index (Phi) is 3.42. The molecule has 0 saturated heterocycles. The maximum absolute atomic E-state index is 11.1. The molecule has 1 aliphatic carbocycles. The van der Waals surface area contributed by atoms with E-state index in [4.69, 9.17) is 4.42 Å². The third-order valence-corrected chi connectivity index (χ3v) is 3.04. The SMILES string of the molecule is CC(=O)N=c1ccc2[nH+]c3ccc(NC(C)=O)cc3oc-2c1. The average molecular weight is 296 g/mol. The normalized spacial score (nSPS) is 11.8. The van der Waals surface area contributed by atoms with Gasteiger partial charge in [-0.15, -0.1) is 0 Å². The monoisotopic (exact) mass is 296 g/mol. The van der Waals surface area contributed by atoms with Crippen LogP contribution in [0.15, 0.2) is 45.8 Å². The second kappa shape index (κ2) is 5.40. The highest BCUT2D eigenvalue weighted by molar-refractivity contribution is 5.90. The number of fused-ring (bicyclic) bond motifs is 2. The van der Waals surface area contributed by atoms with Gasteiger partial charge in [0.1, 0.15) is 0 Å². The maximum atomic E-state index is 11.1. The van der Waals surface area contributed by atoms with Gasteiger partial charge in [0.15, 0.2) is 0 Å². The van der Waals surface area contributed by atoms with Crippen LogP contribution in [0.25, 0.3) is 22.6 Å². The van der Waals surface area contributed by atoms with Gasteiger partial charge >= 0.3 is 0 Å². The molecule has 0 spiro atoms. The molecule has 3 rings (SSSR count). The predicted octanol–water partition coefficient (Wildman–Crippen LogP) is 1.76. The lowest BCUT2D eigenvalue weighted by Crippen LogP contribution is -2.13. The summed E-state index contributed by atoms with van der Waals surface area (Å²) in [4.78, 5) is 29.3. The first-order valence-corrected chi connectivity index (χ1v) is 6.74. The van der Waals surface area contributed by atoms with Gasteiger partial charge in [-0.25, -0.2) is 4.99 Å². The molecule has 110 valence electrons. The van der Waals surface area contributed by atoms with Crippen molar-refractivity contribution in [3.05, 3.63) is 41.8 Å². The van der Waals surface area contributed by atoms with E-state index in [1.807, 2.05) is 12.1 Å². The van der Waals surface area contributed by atoms with E-state index in [0.29, 0.717) is 22.4 Å². The summed E-state index contributed by atoms with van der Waals surface area (Å²) in [6, 6.07) is 10.6. The summed E-state index contributed by atoms with van der Waals surface area (Å²) >= 11 is 0. The van der Waals surface area contributed by atoms with E-state index in [0.717, 1.165) is 11.2 Å². The van der Waals surface area contributed by atoms with Crippen molar-refractivity contribution in [2.24, 2.45) is 4.99 Å².